The van der Waals surface area contributed by atoms with Gasteiger partial charge in [-0.2, -0.15) is 0 Å². The number of nitrogens with two attached hydrogens (primary N) is 1. The zero-order valence-corrected chi connectivity index (χ0v) is 22.6. The second kappa shape index (κ2) is 14.3. The minimum absolute atomic E-state index is 0.136. The third kappa shape index (κ3) is 8.15. The van der Waals surface area contributed by atoms with Gasteiger partial charge in [-0.15, -0.1) is 0 Å². The number of likely N-dealkylation sites (tertiary alicyclic amines) is 1. The second-order valence-electron chi connectivity index (χ2n) is 10.3. The molecule has 3 amide bonds. The molecule has 214 valence electrons. The van der Waals surface area contributed by atoms with Gasteiger partial charge in [0.05, 0.1) is 0 Å². The lowest BCUT2D eigenvalue weighted by molar-refractivity contribution is -0.150. The summed E-state index contributed by atoms with van der Waals surface area (Å²) in [6.45, 7) is 0.398. The van der Waals surface area contributed by atoms with Crippen LogP contribution in [0.3, 0.4) is 0 Å². The van der Waals surface area contributed by atoms with Crippen molar-refractivity contribution in [3.05, 3.63) is 34.9 Å². The van der Waals surface area contributed by atoms with Crippen molar-refractivity contribution in [2.24, 2.45) is 11.7 Å². The number of hydrogen-bond acceptors (Lipinski definition) is 6. The maximum absolute atomic E-state index is 13.1. The summed E-state index contributed by atoms with van der Waals surface area (Å²) in [5.41, 5.74) is 5.84. The molecule has 11 nitrogen and oxygen atoms in total. The van der Waals surface area contributed by atoms with Gasteiger partial charge in [0, 0.05) is 23.0 Å². The summed E-state index contributed by atoms with van der Waals surface area (Å²) in [6, 6.07) is 2.63. The molecule has 3 rings (SSSR count). The molecule has 0 unspecified atom stereocenters. The van der Waals surface area contributed by atoms with Crippen molar-refractivity contribution >= 4 is 41.3 Å². The number of unbranched alkanes of at least 4 members (excludes halogenated alkanes) is 1. The van der Waals surface area contributed by atoms with Crippen molar-refractivity contribution < 1.29 is 34.2 Å². The average molecular weight is 565 g/mol. The largest absolute Gasteiger partial charge is 0.480 e. The minimum atomic E-state index is -1.39. The summed E-state index contributed by atoms with van der Waals surface area (Å²) < 4.78 is 0. The highest BCUT2D eigenvalue weighted by Crippen LogP contribution is 2.40. The Bertz CT molecular complexity index is 1050. The normalized spacial score (nSPS) is 21.9. The summed E-state index contributed by atoms with van der Waals surface area (Å²) in [5.74, 6) is -3.88. The van der Waals surface area contributed by atoms with E-state index >= 15 is 0 Å². The highest BCUT2D eigenvalue weighted by atomic mass is 35.5. The van der Waals surface area contributed by atoms with Crippen LogP contribution in [0.2, 0.25) is 5.02 Å². The summed E-state index contributed by atoms with van der Waals surface area (Å²) in [4.78, 5) is 64.2. The number of carboxylic acids is 2. The van der Waals surface area contributed by atoms with Gasteiger partial charge in [-0.25, -0.2) is 9.59 Å². The van der Waals surface area contributed by atoms with E-state index in [1.807, 2.05) is 0 Å². The van der Waals surface area contributed by atoms with Crippen LogP contribution in [-0.2, 0) is 19.2 Å². The molecule has 0 aromatic heterocycles. The molecular formula is C27H37ClN4O7. The Balaban J connectivity index is 1.65. The van der Waals surface area contributed by atoms with E-state index < -0.39 is 47.8 Å². The van der Waals surface area contributed by atoms with Crippen LogP contribution >= 0.6 is 11.6 Å². The zero-order chi connectivity index (χ0) is 28.5. The Morgan fingerprint density at radius 2 is 1.67 bits per heavy atom. The minimum Gasteiger partial charge on any atom is -0.480 e. The topological polar surface area (TPSA) is 179 Å². The molecule has 0 bridgehead atoms. The summed E-state index contributed by atoms with van der Waals surface area (Å²) in [7, 11) is 0. The number of carbonyl (C=O) groups excluding carboxylic acids is 3. The number of hydrogen-bond donors (Lipinski definition) is 5. The lowest BCUT2D eigenvalue weighted by atomic mass is 9.84. The predicted octanol–water partition coefficient (Wildman–Crippen LogP) is 2.16. The summed E-state index contributed by atoms with van der Waals surface area (Å²) in [6.07, 6.45) is 4.88. The van der Waals surface area contributed by atoms with Gasteiger partial charge < -0.3 is 31.5 Å². The van der Waals surface area contributed by atoms with Crippen LogP contribution in [-0.4, -0.2) is 75.5 Å². The van der Waals surface area contributed by atoms with Crippen LogP contribution in [0, 0.1) is 5.92 Å². The molecule has 1 aliphatic heterocycles. The molecule has 1 saturated heterocycles. The van der Waals surface area contributed by atoms with Crippen LogP contribution in [0.15, 0.2) is 24.3 Å². The van der Waals surface area contributed by atoms with E-state index in [4.69, 9.17) is 17.3 Å². The fraction of sp³-hybridized carbons (Fsp3) is 0.593. The van der Waals surface area contributed by atoms with E-state index in [1.54, 1.807) is 12.1 Å². The van der Waals surface area contributed by atoms with Gasteiger partial charge >= 0.3 is 11.9 Å². The van der Waals surface area contributed by atoms with Crippen LogP contribution in [0.4, 0.5) is 0 Å². The Kier molecular flexibility index (Phi) is 11.1. The maximum atomic E-state index is 13.1. The van der Waals surface area contributed by atoms with Crippen molar-refractivity contribution in [3.8, 4) is 0 Å². The maximum Gasteiger partial charge on any atom is 0.326 e. The number of fused-ring (bicyclic) bond motifs is 1. The van der Waals surface area contributed by atoms with E-state index in [0.717, 1.165) is 25.7 Å². The molecular weight excluding hydrogens is 528 g/mol. The Morgan fingerprint density at radius 3 is 2.31 bits per heavy atom. The third-order valence-corrected chi connectivity index (χ3v) is 7.85. The van der Waals surface area contributed by atoms with E-state index in [-0.39, 0.29) is 36.8 Å². The molecule has 2 fully saturated rings. The second-order valence-corrected chi connectivity index (χ2v) is 10.7. The molecule has 1 aliphatic carbocycles. The van der Waals surface area contributed by atoms with Gasteiger partial charge in [0.15, 0.2) is 0 Å². The molecule has 5 atom stereocenters. The van der Waals surface area contributed by atoms with E-state index in [2.05, 4.69) is 10.6 Å². The third-order valence-electron chi connectivity index (χ3n) is 7.60. The molecule has 12 heteroatoms. The van der Waals surface area contributed by atoms with Crippen molar-refractivity contribution in [3.63, 3.8) is 0 Å². The van der Waals surface area contributed by atoms with Gasteiger partial charge in [-0.05, 0) is 81.7 Å². The number of nitrogens with one attached hydrogen (secondary N) is 2. The van der Waals surface area contributed by atoms with Gasteiger partial charge in [-0.3, -0.25) is 14.4 Å². The zero-order valence-electron chi connectivity index (χ0n) is 21.8. The molecule has 1 heterocycles. The first-order chi connectivity index (χ1) is 18.6. The summed E-state index contributed by atoms with van der Waals surface area (Å²) >= 11 is 5.88. The SMILES string of the molecule is NCCCC[C@H](NC(=O)c1ccc(Cl)cc1)C(=O)N[C@H](CCC(=O)N1[C@H](C(=O)O)C[C@@H]2CCCC[C@@H]21)C(=O)O. The van der Waals surface area contributed by atoms with Crippen LogP contribution < -0.4 is 16.4 Å². The number of nitrogens with zero attached hydrogens (tertiary/aromatic N) is 1. The number of halogens is 1. The number of carboxylic acid groups (broad SMARTS) is 2. The number of carbonyl (C=O) groups is 5. The smallest absolute Gasteiger partial charge is 0.326 e. The first kappa shape index (κ1) is 30.4. The van der Waals surface area contributed by atoms with E-state index in [1.165, 1.54) is 17.0 Å². The van der Waals surface area contributed by atoms with Crippen LogP contribution in [0.5, 0.6) is 0 Å². The van der Waals surface area contributed by atoms with Gasteiger partial charge in [0.1, 0.15) is 18.1 Å². The Morgan fingerprint density at radius 1 is 0.974 bits per heavy atom. The van der Waals surface area contributed by atoms with Crippen LogP contribution in [0.25, 0.3) is 0 Å². The fourth-order valence-electron chi connectivity index (χ4n) is 5.57. The molecule has 0 spiro atoms. The fourth-order valence-corrected chi connectivity index (χ4v) is 5.70. The summed E-state index contributed by atoms with van der Waals surface area (Å²) in [5, 5.41) is 25.0. The lowest BCUT2D eigenvalue weighted by Crippen LogP contribution is -2.52. The van der Waals surface area contributed by atoms with Gasteiger partial charge in [0.25, 0.3) is 5.91 Å². The number of amides is 3. The average Bonchev–Trinajstić information content (AvgIpc) is 3.30. The highest BCUT2D eigenvalue weighted by Gasteiger charge is 2.47. The van der Waals surface area contributed by atoms with Crippen molar-refractivity contribution in [1.82, 2.24) is 15.5 Å². The molecule has 1 aromatic carbocycles. The number of aliphatic carboxylic acids is 2. The molecule has 39 heavy (non-hydrogen) atoms. The van der Waals surface area contributed by atoms with Crippen LogP contribution in [0.1, 0.15) is 74.6 Å². The van der Waals surface area contributed by atoms with E-state index in [0.29, 0.717) is 30.8 Å². The van der Waals surface area contributed by atoms with Crippen molar-refractivity contribution in [2.45, 2.75) is 88.4 Å². The number of rotatable bonds is 13. The lowest BCUT2D eigenvalue weighted by Gasteiger charge is -2.33. The predicted molar refractivity (Wildman–Crippen MR) is 143 cm³/mol. The van der Waals surface area contributed by atoms with E-state index in [9.17, 15) is 34.2 Å². The Labute approximate surface area is 232 Å². The van der Waals surface area contributed by atoms with Crippen molar-refractivity contribution in [2.75, 3.05) is 6.54 Å². The first-order valence-corrected chi connectivity index (χ1v) is 13.8. The quantitative estimate of drug-likeness (QED) is 0.226. The molecule has 6 N–H and O–H groups in total. The van der Waals surface area contributed by atoms with Gasteiger partial charge in [0.2, 0.25) is 11.8 Å². The van der Waals surface area contributed by atoms with Gasteiger partial charge in [-0.1, -0.05) is 24.4 Å². The standard InChI is InChI=1S/C27H37ClN4O7/c28-18-10-8-16(9-11-18)24(34)30-19(6-3-4-14-29)25(35)31-20(26(36)37)12-13-23(33)32-21-7-2-1-5-17(21)15-22(32)27(38)39/h8-11,17,19-22H,1-7,12-15,29H2,(H,30,34)(H,31,35)(H,36,37)(H,38,39)/t17-,19-,20+,21-,22-/m0/s1. The highest BCUT2D eigenvalue weighted by molar-refractivity contribution is 6.30. The monoisotopic (exact) mass is 564 g/mol. The number of benzene rings is 1. The molecule has 1 saturated carbocycles. The molecule has 2 aliphatic rings. The Hall–Kier alpha value is -3.18. The van der Waals surface area contributed by atoms with Crippen molar-refractivity contribution in [1.29, 1.82) is 0 Å². The first-order valence-electron chi connectivity index (χ1n) is 13.5. The molecule has 1 aromatic rings. The molecule has 0 radical (unpaired) electrons.